The first-order valence-corrected chi connectivity index (χ1v) is 8.48. The number of carbonyl (C=O) groups excluding carboxylic acids is 2. The minimum Gasteiger partial charge on any atom is -0.481 e. The predicted molar refractivity (Wildman–Crippen MR) is 93.3 cm³/mol. The molecule has 0 spiro atoms. The first kappa shape index (κ1) is 18.7. The maximum absolute atomic E-state index is 12.4. The molecule has 25 heavy (non-hydrogen) atoms. The van der Waals surface area contributed by atoms with Gasteiger partial charge in [-0.15, -0.1) is 0 Å². The summed E-state index contributed by atoms with van der Waals surface area (Å²) in [5.41, 5.74) is 0.937. The number of ether oxygens (including phenoxy) is 1. The van der Waals surface area contributed by atoms with E-state index in [1.807, 2.05) is 13.0 Å². The lowest BCUT2D eigenvalue weighted by Crippen LogP contribution is -2.34. The van der Waals surface area contributed by atoms with Crippen molar-refractivity contribution in [3.63, 3.8) is 0 Å². The number of carboxylic acid groups (broad SMARTS) is 1. The molecule has 0 aliphatic heterocycles. The lowest BCUT2D eigenvalue weighted by molar-refractivity contribution is -0.146. The number of anilines is 1. The van der Waals surface area contributed by atoms with E-state index in [0.717, 1.165) is 12.8 Å². The first-order valence-electron chi connectivity index (χ1n) is 8.48. The van der Waals surface area contributed by atoms with E-state index in [4.69, 9.17) is 4.74 Å². The number of nitrogens with one attached hydrogen (secondary N) is 1. The van der Waals surface area contributed by atoms with Crippen molar-refractivity contribution in [2.24, 2.45) is 11.8 Å². The number of aliphatic carboxylic acids is 1. The van der Waals surface area contributed by atoms with Crippen LogP contribution in [0.1, 0.15) is 43.0 Å². The molecule has 2 N–H and O–H groups in total. The largest absolute Gasteiger partial charge is 0.481 e. The van der Waals surface area contributed by atoms with Crippen molar-refractivity contribution in [3.05, 3.63) is 42.0 Å². The van der Waals surface area contributed by atoms with Crippen molar-refractivity contribution in [2.75, 3.05) is 11.9 Å². The summed E-state index contributed by atoms with van der Waals surface area (Å²) in [6.45, 7) is 2.40. The zero-order valence-corrected chi connectivity index (χ0v) is 14.2. The van der Waals surface area contributed by atoms with Crippen LogP contribution in [0.25, 0.3) is 0 Å². The van der Waals surface area contributed by atoms with Gasteiger partial charge >= 0.3 is 11.9 Å². The molecule has 0 saturated heterocycles. The Labute approximate surface area is 146 Å². The average molecular weight is 345 g/mol. The molecule has 0 aromatic heterocycles. The number of hydrogen-bond acceptors (Lipinski definition) is 4. The average Bonchev–Trinajstić information content (AvgIpc) is 2.62. The van der Waals surface area contributed by atoms with E-state index >= 15 is 0 Å². The maximum Gasteiger partial charge on any atom is 0.338 e. The normalized spacial score (nSPS) is 19.2. The molecular weight excluding hydrogens is 322 g/mol. The Kier molecular flexibility index (Phi) is 6.74. The number of amides is 1. The van der Waals surface area contributed by atoms with Crippen LogP contribution in [-0.4, -0.2) is 29.6 Å². The zero-order chi connectivity index (χ0) is 18.2. The van der Waals surface area contributed by atoms with Gasteiger partial charge in [0, 0.05) is 5.69 Å². The van der Waals surface area contributed by atoms with Crippen molar-refractivity contribution >= 4 is 23.5 Å². The molecule has 0 fully saturated rings. The Balaban J connectivity index is 1.96. The second-order valence-corrected chi connectivity index (χ2v) is 6.05. The fourth-order valence-corrected chi connectivity index (χ4v) is 2.69. The third-order valence-electron chi connectivity index (χ3n) is 4.21. The third kappa shape index (κ3) is 5.17. The number of hydrogen-bond donors (Lipinski definition) is 2. The molecule has 1 aromatic rings. The van der Waals surface area contributed by atoms with Crippen LogP contribution >= 0.6 is 0 Å². The van der Waals surface area contributed by atoms with Gasteiger partial charge in [-0.25, -0.2) is 4.79 Å². The molecule has 2 rings (SSSR count). The molecule has 1 aliphatic rings. The van der Waals surface area contributed by atoms with Crippen LogP contribution in [0.5, 0.6) is 0 Å². The highest BCUT2D eigenvalue weighted by atomic mass is 16.5. The van der Waals surface area contributed by atoms with Crippen molar-refractivity contribution < 1.29 is 24.2 Å². The Morgan fingerprint density at radius 2 is 1.76 bits per heavy atom. The quantitative estimate of drug-likeness (QED) is 0.449. The van der Waals surface area contributed by atoms with Gasteiger partial charge in [0.05, 0.1) is 24.0 Å². The number of unbranched alkanes of at least 4 members (excludes halogenated alkanes) is 1. The topological polar surface area (TPSA) is 92.7 Å². The molecule has 0 radical (unpaired) electrons. The summed E-state index contributed by atoms with van der Waals surface area (Å²) in [5, 5.41) is 12.0. The van der Waals surface area contributed by atoms with Crippen molar-refractivity contribution in [1.82, 2.24) is 0 Å². The lowest BCUT2D eigenvalue weighted by Gasteiger charge is -2.24. The molecule has 0 bridgehead atoms. The Hall–Kier alpha value is -2.63. The van der Waals surface area contributed by atoms with E-state index < -0.39 is 23.8 Å². The number of esters is 1. The van der Waals surface area contributed by atoms with E-state index in [1.165, 1.54) is 0 Å². The molecule has 6 heteroatoms. The van der Waals surface area contributed by atoms with Gasteiger partial charge in [0.25, 0.3) is 0 Å². The number of carbonyl (C=O) groups is 3. The molecule has 1 amide bonds. The van der Waals surface area contributed by atoms with Gasteiger partial charge in [-0.05, 0) is 43.5 Å². The van der Waals surface area contributed by atoms with Crippen LogP contribution in [-0.2, 0) is 14.3 Å². The summed E-state index contributed by atoms with van der Waals surface area (Å²) in [7, 11) is 0. The minimum atomic E-state index is -0.963. The highest BCUT2D eigenvalue weighted by molar-refractivity contribution is 5.96. The maximum atomic E-state index is 12.4. The fourth-order valence-electron chi connectivity index (χ4n) is 2.69. The van der Waals surface area contributed by atoms with Gasteiger partial charge < -0.3 is 15.2 Å². The van der Waals surface area contributed by atoms with E-state index in [9.17, 15) is 19.5 Å². The second kappa shape index (κ2) is 9.01. The summed E-state index contributed by atoms with van der Waals surface area (Å²) < 4.78 is 5.13. The molecule has 1 aromatic carbocycles. The Morgan fingerprint density at radius 1 is 1.12 bits per heavy atom. The number of carboxylic acids is 1. The van der Waals surface area contributed by atoms with Crippen molar-refractivity contribution in [2.45, 2.75) is 32.6 Å². The van der Waals surface area contributed by atoms with Crippen molar-refractivity contribution in [3.8, 4) is 0 Å². The van der Waals surface area contributed by atoms with Gasteiger partial charge in [0.1, 0.15) is 0 Å². The summed E-state index contributed by atoms with van der Waals surface area (Å²) in [4.78, 5) is 35.5. The van der Waals surface area contributed by atoms with E-state index in [2.05, 4.69) is 5.32 Å². The second-order valence-electron chi connectivity index (χ2n) is 6.05. The molecule has 6 nitrogen and oxygen atoms in total. The molecule has 2 atom stereocenters. The summed E-state index contributed by atoms with van der Waals surface area (Å²) in [5.74, 6) is -2.99. The zero-order valence-electron chi connectivity index (χ0n) is 14.2. The molecule has 134 valence electrons. The lowest BCUT2D eigenvalue weighted by atomic mass is 9.82. The SMILES string of the molecule is CCCCOC(=O)c1ccc(NC(=O)[C@@H]2CC=CC[C@H]2C(=O)O)cc1. The molecule has 0 heterocycles. The highest BCUT2D eigenvalue weighted by Gasteiger charge is 2.33. The van der Waals surface area contributed by atoms with Crippen LogP contribution in [0.2, 0.25) is 0 Å². The molecular formula is C19H23NO5. The van der Waals surface area contributed by atoms with Crippen molar-refractivity contribution in [1.29, 1.82) is 0 Å². The van der Waals surface area contributed by atoms with Gasteiger partial charge in [0.15, 0.2) is 0 Å². The summed E-state index contributed by atoms with van der Waals surface area (Å²) >= 11 is 0. The van der Waals surface area contributed by atoms with Crippen LogP contribution in [0.15, 0.2) is 36.4 Å². The smallest absolute Gasteiger partial charge is 0.338 e. The van der Waals surface area contributed by atoms with Gasteiger partial charge in [-0.2, -0.15) is 0 Å². The fraction of sp³-hybridized carbons (Fsp3) is 0.421. The van der Waals surface area contributed by atoms with E-state index in [0.29, 0.717) is 30.7 Å². The number of allylic oxidation sites excluding steroid dienone is 2. The molecule has 0 unspecified atom stereocenters. The van der Waals surface area contributed by atoms with Crippen LogP contribution in [0.3, 0.4) is 0 Å². The predicted octanol–water partition coefficient (Wildman–Crippen LogP) is 3.25. The summed E-state index contributed by atoms with van der Waals surface area (Å²) in [6.07, 6.45) is 6.16. The van der Waals surface area contributed by atoms with Gasteiger partial charge in [0.2, 0.25) is 5.91 Å². The summed E-state index contributed by atoms with van der Waals surface area (Å²) in [6, 6.07) is 6.39. The standard InChI is InChI=1S/C19H23NO5/c1-2-3-12-25-19(24)13-8-10-14(11-9-13)20-17(21)15-6-4-5-7-16(15)18(22)23/h4-5,8-11,15-16H,2-3,6-7,12H2,1H3,(H,20,21)(H,22,23)/t15-,16-/m1/s1. The van der Waals surface area contributed by atoms with Crippen LogP contribution in [0.4, 0.5) is 5.69 Å². The number of benzene rings is 1. The van der Waals surface area contributed by atoms with Gasteiger partial charge in [-0.1, -0.05) is 25.5 Å². The van der Waals surface area contributed by atoms with Gasteiger partial charge in [-0.3, -0.25) is 9.59 Å². The molecule has 1 aliphatic carbocycles. The highest BCUT2D eigenvalue weighted by Crippen LogP contribution is 2.27. The van der Waals surface area contributed by atoms with E-state index in [1.54, 1.807) is 30.3 Å². The Bertz CT molecular complexity index is 650. The third-order valence-corrected chi connectivity index (χ3v) is 4.21. The van der Waals surface area contributed by atoms with Crippen LogP contribution < -0.4 is 5.32 Å². The monoisotopic (exact) mass is 345 g/mol. The first-order chi connectivity index (χ1) is 12.0. The molecule has 0 saturated carbocycles. The van der Waals surface area contributed by atoms with E-state index in [-0.39, 0.29) is 5.91 Å². The van der Waals surface area contributed by atoms with Crippen LogP contribution in [0, 0.1) is 11.8 Å². The minimum absolute atomic E-state index is 0.324. The number of rotatable bonds is 7. The Morgan fingerprint density at radius 3 is 2.36 bits per heavy atom.